The fraction of sp³-hybridized carbons (Fsp3) is 0.333. The second-order valence-corrected chi connectivity index (χ2v) is 4.54. The maximum absolute atomic E-state index is 11.1. The van der Waals surface area contributed by atoms with E-state index in [4.69, 9.17) is 0 Å². The lowest BCUT2D eigenvalue weighted by Gasteiger charge is -2.11. The van der Waals surface area contributed by atoms with Crippen molar-refractivity contribution in [1.29, 1.82) is 0 Å². The molecule has 0 unspecified atom stereocenters. The number of fused-ring (bicyclic) bond motifs is 1. The van der Waals surface area contributed by atoms with Crippen LogP contribution in [0.5, 0.6) is 0 Å². The predicted octanol–water partition coefficient (Wildman–Crippen LogP) is 0.836. The van der Waals surface area contributed by atoms with E-state index in [0.29, 0.717) is 5.39 Å². The number of hydrogen-bond donors (Lipinski definition) is 2. The molecule has 2 heterocycles. The highest BCUT2D eigenvalue weighted by molar-refractivity contribution is 7.16. The van der Waals surface area contributed by atoms with Crippen molar-refractivity contribution in [1.82, 2.24) is 15.6 Å². The number of nitrogens with zero attached hydrogens (tertiary/aromatic N) is 1. The van der Waals surface area contributed by atoms with Gasteiger partial charge in [0, 0.05) is 30.9 Å². The molecular formula is C12H15N3OS. The van der Waals surface area contributed by atoms with Crippen LogP contribution in [0.25, 0.3) is 10.1 Å². The van der Waals surface area contributed by atoms with Gasteiger partial charge < -0.3 is 10.6 Å². The molecule has 0 saturated carbocycles. The Kier molecular flexibility index (Phi) is 4.61. The van der Waals surface area contributed by atoms with Crippen LogP contribution in [-0.4, -0.2) is 31.2 Å². The summed E-state index contributed by atoms with van der Waals surface area (Å²) in [6, 6.07) is 7.47. The molecule has 1 aromatic heterocycles. The van der Waals surface area contributed by atoms with Gasteiger partial charge in [-0.05, 0) is 12.1 Å². The monoisotopic (exact) mass is 249 g/mol. The molecular weight excluding hydrogens is 234 g/mol. The predicted molar refractivity (Wildman–Crippen MR) is 71.6 cm³/mol. The topological polar surface area (TPSA) is 54.0 Å². The van der Waals surface area contributed by atoms with Crippen LogP contribution in [0.15, 0.2) is 34.6 Å². The van der Waals surface area contributed by atoms with Gasteiger partial charge in [-0.3, -0.25) is 4.79 Å². The Morgan fingerprint density at radius 1 is 1.06 bits per heavy atom. The van der Waals surface area contributed by atoms with E-state index in [0.717, 1.165) is 30.9 Å². The summed E-state index contributed by atoms with van der Waals surface area (Å²) in [6.07, 6.45) is 0. The summed E-state index contributed by atoms with van der Waals surface area (Å²) >= 11 is 1.48. The zero-order valence-electron chi connectivity index (χ0n) is 9.48. The van der Waals surface area contributed by atoms with Gasteiger partial charge in [0.05, 0.1) is 10.9 Å². The zero-order chi connectivity index (χ0) is 11.9. The van der Waals surface area contributed by atoms with Gasteiger partial charge in [-0.25, -0.2) is 4.98 Å². The van der Waals surface area contributed by atoms with E-state index in [1.165, 1.54) is 11.3 Å². The van der Waals surface area contributed by atoms with Crippen molar-refractivity contribution in [3.8, 4) is 0 Å². The first-order valence-corrected chi connectivity index (χ1v) is 6.50. The Morgan fingerprint density at radius 2 is 1.71 bits per heavy atom. The van der Waals surface area contributed by atoms with E-state index < -0.39 is 0 Å². The highest BCUT2D eigenvalue weighted by Crippen LogP contribution is 2.11. The molecule has 1 aromatic carbocycles. The van der Waals surface area contributed by atoms with E-state index in [1.54, 1.807) is 11.6 Å². The smallest absolute Gasteiger partial charge is 0.279 e. The minimum absolute atomic E-state index is 0.139. The fourth-order valence-electron chi connectivity index (χ4n) is 1.55. The van der Waals surface area contributed by atoms with Crippen LogP contribution < -0.4 is 16.2 Å². The molecule has 5 heteroatoms. The summed E-state index contributed by atoms with van der Waals surface area (Å²) < 4.78 is 0.993. The normalized spacial score (nSPS) is 15.1. The highest BCUT2D eigenvalue weighted by atomic mass is 32.1. The molecule has 2 N–H and O–H groups in total. The molecule has 0 amide bonds. The quantitative estimate of drug-likeness (QED) is 0.726. The first kappa shape index (κ1) is 12.2. The van der Waals surface area contributed by atoms with E-state index in [9.17, 15) is 4.79 Å². The third-order valence-corrected chi connectivity index (χ3v) is 3.24. The SMILES string of the molecule is C1CNCCN1.O=c1ncsc2ccccc12. The molecule has 0 aliphatic carbocycles. The molecule has 0 atom stereocenters. The molecule has 0 bridgehead atoms. The first-order chi connectivity index (χ1) is 8.38. The molecule has 3 rings (SSSR count). The Morgan fingerprint density at radius 3 is 2.29 bits per heavy atom. The third kappa shape index (κ3) is 3.59. The molecule has 17 heavy (non-hydrogen) atoms. The maximum Gasteiger partial charge on any atom is 0.279 e. The minimum Gasteiger partial charge on any atom is -0.314 e. The van der Waals surface area contributed by atoms with Gasteiger partial charge in [-0.15, -0.1) is 11.3 Å². The molecule has 1 aliphatic heterocycles. The van der Waals surface area contributed by atoms with Crippen molar-refractivity contribution in [3.63, 3.8) is 0 Å². The summed E-state index contributed by atoms with van der Waals surface area (Å²) in [6.45, 7) is 4.56. The molecule has 4 nitrogen and oxygen atoms in total. The summed E-state index contributed by atoms with van der Waals surface area (Å²) in [5.74, 6) is 0. The molecule has 0 radical (unpaired) electrons. The van der Waals surface area contributed by atoms with Gasteiger partial charge in [-0.1, -0.05) is 12.1 Å². The lowest BCUT2D eigenvalue weighted by atomic mass is 10.3. The zero-order valence-corrected chi connectivity index (χ0v) is 10.3. The van der Waals surface area contributed by atoms with Crippen LogP contribution in [-0.2, 0) is 0 Å². The second-order valence-electron chi connectivity index (χ2n) is 3.65. The van der Waals surface area contributed by atoms with Crippen LogP contribution in [0.2, 0.25) is 0 Å². The minimum atomic E-state index is -0.139. The van der Waals surface area contributed by atoms with Crippen molar-refractivity contribution < 1.29 is 0 Å². The number of rotatable bonds is 0. The molecule has 1 fully saturated rings. The van der Waals surface area contributed by atoms with E-state index in [2.05, 4.69) is 15.6 Å². The molecule has 1 aliphatic rings. The van der Waals surface area contributed by atoms with E-state index in [1.807, 2.05) is 18.2 Å². The van der Waals surface area contributed by atoms with Gasteiger partial charge in [0.25, 0.3) is 5.56 Å². The Balaban J connectivity index is 0.000000153. The molecule has 90 valence electrons. The second kappa shape index (κ2) is 6.44. The van der Waals surface area contributed by atoms with Crippen LogP contribution >= 0.6 is 11.3 Å². The average Bonchev–Trinajstić information content (AvgIpc) is 2.42. The summed E-state index contributed by atoms with van der Waals surface area (Å²) in [5.41, 5.74) is 1.43. The van der Waals surface area contributed by atoms with Crippen molar-refractivity contribution in [2.45, 2.75) is 0 Å². The lowest BCUT2D eigenvalue weighted by Crippen LogP contribution is -2.39. The van der Waals surface area contributed by atoms with Gasteiger partial charge in [0.1, 0.15) is 0 Å². The average molecular weight is 249 g/mol. The molecule has 1 saturated heterocycles. The van der Waals surface area contributed by atoms with Gasteiger partial charge in [0.2, 0.25) is 0 Å². The number of piperazine rings is 1. The van der Waals surface area contributed by atoms with Crippen LogP contribution in [0.1, 0.15) is 0 Å². The third-order valence-electron chi connectivity index (χ3n) is 2.42. The van der Waals surface area contributed by atoms with Crippen LogP contribution in [0.3, 0.4) is 0 Å². The Labute approximate surface area is 104 Å². The fourth-order valence-corrected chi connectivity index (χ4v) is 2.25. The number of nitrogens with one attached hydrogen (secondary N) is 2. The summed E-state index contributed by atoms with van der Waals surface area (Å²) in [4.78, 5) is 14.7. The van der Waals surface area contributed by atoms with E-state index in [-0.39, 0.29) is 5.56 Å². The van der Waals surface area contributed by atoms with Gasteiger partial charge in [0.15, 0.2) is 0 Å². The maximum atomic E-state index is 11.1. The molecule has 2 aromatic rings. The Hall–Kier alpha value is -1.30. The summed E-state index contributed by atoms with van der Waals surface area (Å²) in [5, 5.41) is 7.15. The van der Waals surface area contributed by atoms with E-state index >= 15 is 0 Å². The first-order valence-electron chi connectivity index (χ1n) is 5.62. The number of hydrogen-bond acceptors (Lipinski definition) is 5. The number of aromatic nitrogens is 1. The van der Waals surface area contributed by atoms with Crippen LogP contribution in [0.4, 0.5) is 0 Å². The van der Waals surface area contributed by atoms with Crippen molar-refractivity contribution in [2.75, 3.05) is 26.2 Å². The Bertz CT molecular complexity index is 505. The molecule has 0 spiro atoms. The highest BCUT2D eigenvalue weighted by Gasteiger charge is 1.95. The standard InChI is InChI=1S/C8H5NOS.C4H10N2/c10-8-6-3-1-2-4-7(6)11-5-9-8;1-2-6-4-3-5-1/h1-5H;5-6H,1-4H2. The van der Waals surface area contributed by atoms with Crippen molar-refractivity contribution >= 4 is 21.4 Å². The van der Waals surface area contributed by atoms with Gasteiger partial charge in [-0.2, -0.15) is 0 Å². The van der Waals surface area contributed by atoms with Crippen molar-refractivity contribution in [2.24, 2.45) is 0 Å². The van der Waals surface area contributed by atoms with Crippen LogP contribution in [0, 0.1) is 0 Å². The van der Waals surface area contributed by atoms with Crippen molar-refractivity contribution in [3.05, 3.63) is 40.1 Å². The largest absolute Gasteiger partial charge is 0.314 e. The number of benzene rings is 1. The summed E-state index contributed by atoms with van der Waals surface area (Å²) in [7, 11) is 0. The van der Waals surface area contributed by atoms with Gasteiger partial charge >= 0.3 is 0 Å². The lowest BCUT2D eigenvalue weighted by molar-refractivity contribution is 0.534.